The summed E-state index contributed by atoms with van der Waals surface area (Å²) in [6, 6.07) is 9.76. The molecule has 0 bridgehead atoms. The minimum atomic E-state index is 0.385. The van der Waals surface area contributed by atoms with Gasteiger partial charge in [-0.15, -0.1) is 0 Å². The number of ether oxygens (including phenoxy) is 1. The highest BCUT2D eigenvalue weighted by Crippen LogP contribution is 2.21. The van der Waals surface area contributed by atoms with E-state index in [1.54, 1.807) is 13.3 Å². The number of hydrogen-bond donors (Lipinski definition) is 2. The van der Waals surface area contributed by atoms with Gasteiger partial charge in [-0.3, -0.25) is 0 Å². The minimum Gasteiger partial charge on any atom is -0.497 e. The molecule has 0 amide bonds. The van der Waals surface area contributed by atoms with Gasteiger partial charge < -0.3 is 16.2 Å². The molecule has 1 aromatic carbocycles. The number of methoxy groups -OCH3 is 1. The molecular formula is C13H15N3O. The van der Waals surface area contributed by atoms with Crippen LogP contribution in [0.25, 0.3) is 0 Å². The Kier molecular flexibility index (Phi) is 3.14. The molecule has 17 heavy (non-hydrogen) atoms. The molecule has 0 saturated heterocycles. The second-order valence-corrected chi connectivity index (χ2v) is 3.79. The number of anilines is 2. The molecule has 2 aromatic rings. The predicted octanol–water partition coefficient (Wildman–Crippen LogP) is 1.85. The van der Waals surface area contributed by atoms with Crippen LogP contribution in [0.5, 0.6) is 5.75 Å². The number of benzene rings is 1. The van der Waals surface area contributed by atoms with Gasteiger partial charge in [-0.25, -0.2) is 4.98 Å². The lowest BCUT2D eigenvalue weighted by Gasteiger charge is -2.07. The molecule has 0 atom stereocenters. The van der Waals surface area contributed by atoms with Crippen LogP contribution >= 0.6 is 0 Å². The predicted molar refractivity (Wildman–Crippen MR) is 68.9 cm³/mol. The van der Waals surface area contributed by atoms with E-state index in [9.17, 15) is 0 Å². The fourth-order valence-electron chi connectivity index (χ4n) is 1.65. The van der Waals surface area contributed by atoms with Crippen molar-refractivity contribution in [2.45, 2.75) is 6.42 Å². The molecule has 0 aliphatic rings. The molecule has 1 heterocycles. The molecule has 0 fully saturated rings. The first-order valence-corrected chi connectivity index (χ1v) is 5.32. The van der Waals surface area contributed by atoms with Gasteiger partial charge in [0, 0.05) is 6.20 Å². The van der Waals surface area contributed by atoms with E-state index in [1.807, 2.05) is 30.3 Å². The number of nitrogens with zero attached hydrogens (tertiary/aromatic N) is 1. The van der Waals surface area contributed by atoms with E-state index < -0.39 is 0 Å². The van der Waals surface area contributed by atoms with Crippen molar-refractivity contribution < 1.29 is 4.74 Å². The van der Waals surface area contributed by atoms with Gasteiger partial charge in [-0.2, -0.15) is 0 Å². The van der Waals surface area contributed by atoms with Crippen LogP contribution in [0, 0.1) is 0 Å². The molecule has 1 aromatic heterocycles. The van der Waals surface area contributed by atoms with Gasteiger partial charge in [0.2, 0.25) is 0 Å². The van der Waals surface area contributed by atoms with E-state index >= 15 is 0 Å². The highest BCUT2D eigenvalue weighted by Gasteiger charge is 2.04. The number of pyridine rings is 1. The second-order valence-electron chi connectivity index (χ2n) is 3.79. The van der Waals surface area contributed by atoms with Crippen LogP contribution in [-0.2, 0) is 6.42 Å². The zero-order chi connectivity index (χ0) is 12.3. The Bertz CT molecular complexity index is 509. The summed E-state index contributed by atoms with van der Waals surface area (Å²) in [6.07, 6.45) is 2.41. The molecular weight excluding hydrogens is 214 g/mol. The number of nitrogens with two attached hydrogens (primary N) is 2. The van der Waals surface area contributed by atoms with Crippen LogP contribution in [0.2, 0.25) is 0 Å². The van der Waals surface area contributed by atoms with Gasteiger partial charge in [-0.05, 0) is 35.7 Å². The summed E-state index contributed by atoms with van der Waals surface area (Å²) in [7, 11) is 1.65. The quantitative estimate of drug-likeness (QED) is 0.842. The van der Waals surface area contributed by atoms with Gasteiger partial charge in [-0.1, -0.05) is 12.1 Å². The largest absolute Gasteiger partial charge is 0.497 e. The summed E-state index contributed by atoms with van der Waals surface area (Å²) in [5.74, 6) is 1.23. The van der Waals surface area contributed by atoms with Gasteiger partial charge in [0.25, 0.3) is 0 Å². The Morgan fingerprint density at radius 3 is 2.47 bits per heavy atom. The van der Waals surface area contributed by atoms with Crippen molar-refractivity contribution in [1.82, 2.24) is 4.98 Å². The maximum atomic E-state index is 5.87. The Labute approximate surface area is 100 Å². The maximum Gasteiger partial charge on any atom is 0.146 e. The molecule has 4 N–H and O–H groups in total. The third-order valence-corrected chi connectivity index (χ3v) is 2.66. The van der Waals surface area contributed by atoms with Crippen molar-refractivity contribution in [3.8, 4) is 5.75 Å². The third-order valence-electron chi connectivity index (χ3n) is 2.66. The van der Waals surface area contributed by atoms with Crippen molar-refractivity contribution in [2.75, 3.05) is 18.6 Å². The first-order valence-electron chi connectivity index (χ1n) is 5.32. The summed E-state index contributed by atoms with van der Waals surface area (Å²) in [6.45, 7) is 0. The summed E-state index contributed by atoms with van der Waals surface area (Å²) in [4.78, 5) is 3.94. The SMILES string of the molecule is COc1ccc(Cc2ccnc(N)c2N)cc1. The van der Waals surface area contributed by atoms with E-state index in [0.717, 1.165) is 23.3 Å². The molecule has 88 valence electrons. The van der Waals surface area contributed by atoms with Crippen LogP contribution in [0.4, 0.5) is 11.5 Å². The highest BCUT2D eigenvalue weighted by atomic mass is 16.5. The molecule has 0 aliphatic carbocycles. The summed E-state index contributed by atoms with van der Waals surface area (Å²) in [5.41, 5.74) is 14.2. The molecule has 0 spiro atoms. The molecule has 4 heteroatoms. The Morgan fingerprint density at radius 1 is 1.12 bits per heavy atom. The zero-order valence-electron chi connectivity index (χ0n) is 9.68. The van der Waals surface area contributed by atoms with Gasteiger partial charge in [0.1, 0.15) is 11.6 Å². The van der Waals surface area contributed by atoms with Crippen molar-refractivity contribution in [1.29, 1.82) is 0 Å². The van der Waals surface area contributed by atoms with Gasteiger partial charge in [0.15, 0.2) is 0 Å². The second kappa shape index (κ2) is 4.74. The summed E-state index contributed by atoms with van der Waals surface area (Å²) < 4.78 is 5.11. The molecule has 0 radical (unpaired) electrons. The third kappa shape index (κ3) is 2.47. The fraction of sp³-hybridized carbons (Fsp3) is 0.154. The monoisotopic (exact) mass is 229 g/mol. The molecule has 0 saturated carbocycles. The maximum absolute atomic E-state index is 5.87. The standard InChI is InChI=1S/C13H15N3O/c1-17-11-4-2-9(3-5-11)8-10-6-7-16-13(15)12(10)14/h2-7H,8,14H2,1H3,(H2,15,16). The first-order chi connectivity index (χ1) is 8.20. The fourth-order valence-corrected chi connectivity index (χ4v) is 1.65. The highest BCUT2D eigenvalue weighted by molar-refractivity contribution is 5.63. The first kappa shape index (κ1) is 11.3. The smallest absolute Gasteiger partial charge is 0.146 e. The minimum absolute atomic E-state index is 0.385. The van der Waals surface area contributed by atoms with E-state index in [1.165, 1.54) is 0 Å². The van der Waals surface area contributed by atoms with Crippen molar-refractivity contribution >= 4 is 11.5 Å². The summed E-state index contributed by atoms with van der Waals surface area (Å²) in [5, 5.41) is 0. The van der Waals surface area contributed by atoms with Crippen LogP contribution in [-0.4, -0.2) is 12.1 Å². The van der Waals surface area contributed by atoms with Crippen LogP contribution < -0.4 is 16.2 Å². The van der Waals surface area contributed by atoms with Crippen molar-refractivity contribution in [2.24, 2.45) is 0 Å². The molecule has 4 nitrogen and oxygen atoms in total. The Balaban J connectivity index is 2.22. The Hall–Kier alpha value is -2.23. The molecule has 2 rings (SSSR count). The lowest BCUT2D eigenvalue weighted by Crippen LogP contribution is -2.02. The van der Waals surface area contributed by atoms with Crippen LogP contribution in [0.1, 0.15) is 11.1 Å². The van der Waals surface area contributed by atoms with Gasteiger partial charge in [0.05, 0.1) is 12.8 Å². The van der Waals surface area contributed by atoms with E-state index in [2.05, 4.69) is 4.98 Å². The van der Waals surface area contributed by atoms with E-state index in [0.29, 0.717) is 11.5 Å². The average molecular weight is 229 g/mol. The number of rotatable bonds is 3. The number of nitrogen functional groups attached to an aromatic ring is 2. The zero-order valence-corrected chi connectivity index (χ0v) is 9.68. The topological polar surface area (TPSA) is 74.2 Å². The normalized spacial score (nSPS) is 10.2. The van der Waals surface area contributed by atoms with Gasteiger partial charge >= 0.3 is 0 Å². The number of aromatic nitrogens is 1. The molecule has 0 aliphatic heterocycles. The number of hydrogen-bond acceptors (Lipinski definition) is 4. The van der Waals surface area contributed by atoms with Crippen LogP contribution in [0.15, 0.2) is 36.5 Å². The lowest BCUT2D eigenvalue weighted by atomic mass is 10.0. The van der Waals surface area contributed by atoms with Crippen molar-refractivity contribution in [3.63, 3.8) is 0 Å². The summed E-state index contributed by atoms with van der Waals surface area (Å²) >= 11 is 0. The van der Waals surface area contributed by atoms with Crippen molar-refractivity contribution in [3.05, 3.63) is 47.7 Å². The van der Waals surface area contributed by atoms with Crippen LogP contribution in [0.3, 0.4) is 0 Å². The average Bonchev–Trinajstić information content (AvgIpc) is 2.36. The van der Waals surface area contributed by atoms with E-state index in [-0.39, 0.29) is 0 Å². The molecule has 0 unspecified atom stereocenters. The Morgan fingerprint density at radius 2 is 1.82 bits per heavy atom. The van der Waals surface area contributed by atoms with E-state index in [4.69, 9.17) is 16.2 Å². The lowest BCUT2D eigenvalue weighted by molar-refractivity contribution is 0.414.